The van der Waals surface area contributed by atoms with Crippen LogP contribution in [0.4, 0.5) is 5.69 Å². The number of ether oxygens (including phenoxy) is 2. The van der Waals surface area contributed by atoms with E-state index in [9.17, 15) is 9.59 Å². The van der Waals surface area contributed by atoms with Crippen LogP contribution in [0.3, 0.4) is 0 Å². The van der Waals surface area contributed by atoms with E-state index in [1.807, 2.05) is 25.1 Å². The molecular weight excluding hydrogens is 382 g/mol. The Labute approximate surface area is 174 Å². The topological polar surface area (TPSA) is 92.5 Å². The van der Waals surface area contributed by atoms with E-state index in [0.29, 0.717) is 22.5 Å². The van der Waals surface area contributed by atoms with Gasteiger partial charge in [-0.2, -0.15) is 0 Å². The minimum atomic E-state index is -0.296. The van der Waals surface area contributed by atoms with Gasteiger partial charge in [-0.1, -0.05) is 12.1 Å². The third-order valence-corrected chi connectivity index (χ3v) is 5.31. The van der Waals surface area contributed by atoms with Crippen molar-refractivity contribution in [2.45, 2.75) is 32.7 Å². The van der Waals surface area contributed by atoms with Crippen LogP contribution >= 0.6 is 0 Å². The zero-order valence-electron chi connectivity index (χ0n) is 17.3. The number of anilines is 1. The Balaban J connectivity index is 1.63. The van der Waals surface area contributed by atoms with Crippen molar-refractivity contribution in [2.24, 2.45) is 0 Å². The van der Waals surface area contributed by atoms with Crippen molar-refractivity contribution >= 4 is 28.4 Å². The molecule has 0 spiro atoms. The van der Waals surface area contributed by atoms with Crippen LogP contribution in [0.2, 0.25) is 0 Å². The number of nitrogens with one attached hydrogen (secondary N) is 3. The molecular formula is C23H25N3O4. The summed E-state index contributed by atoms with van der Waals surface area (Å²) in [5, 5.41) is 6.52. The lowest BCUT2D eigenvalue weighted by Crippen LogP contribution is -2.28. The first-order valence-corrected chi connectivity index (χ1v) is 10.00. The Hall–Kier alpha value is -3.48. The molecule has 156 valence electrons. The van der Waals surface area contributed by atoms with Crippen molar-refractivity contribution in [3.63, 3.8) is 0 Å². The van der Waals surface area contributed by atoms with Gasteiger partial charge in [-0.05, 0) is 55.2 Å². The normalized spacial score (nSPS) is 13.8. The number of carbonyl (C=O) groups excluding carboxylic acids is 2. The van der Waals surface area contributed by atoms with E-state index < -0.39 is 0 Å². The number of H-pyrrole nitrogens is 1. The number of benzene rings is 2. The first-order valence-electron chi connectivity index (χ1n) is 10.00. The fourth-order valence-corrected chi connectivity index (χ4v) is 3.78. The maximum Gasteiger partial charge on any atom is 0.270 e. The quantitative estimate of drug-likeness (QED) is 0.597. The lowest BCUT2D eigenvalue weighted by atomic mass is 10.00. The van der Waals surface area contributed by atoms with Crippen LogP contribution in [-0.2, 0) is 11.2 Å². The standard InChI is InChI=1S/C23H25N3O4/c1-13(15-6-9-20-16(11-15)5-4-10-30-20)24-23(28)22-21(25-14(2)27)18-12-17(29-3)7-8-19(18)26-22/h6-9,11-13,26H,4-5,10H2,1-3H3,(H,24,28)(H,25,27). The number of hydrogen-bond donors (Lipinski definition) is 3. The predicted octanol–water partition coefficient (Wildman–Crippen LogP) is 3.95. The second kappa shape index (κ2) is 8.10. The number of rotatable bonds is 5. The molecule has 0 saturated carbocycles. The van der Waals surface area contributed by atoms with Crippen LogP contribution < -0.4 is 20.1 Å². The lowest BCUT2D eigenvalue weighted by molar-refractivity contribution is -0.114. The predicted molar refractivity (Wildman–Crippen MR) is 115 cm³/mol. The van der Waals surface area contributed by atoms with Crippen LogP contribution in [0.15, 0.2) is 36.4 Å². The summed E-state index contributed by atoms with van der Waals surface area (Å²) in [5.41, 5.74) is 3.66. The van der Waals surface area contributed by atoms with E-state index in [0.717, 1.165) is 41.8 Å². The Bertz CT molecular complexity index is 1120. The molecule has 2 amide bonds. The Morgan fingerprint density at radius 3 is 2.80 bits per heavy atom. The summed E-state index contributed by atoms with van der Waals surface area (Å²) in [4.78, 5) is 28.0. The van der Waals surface area contributed by atoms with Gasteiger partial charge in [-0.25, -0.2) is 0 Å². The van der Waals surface area contributed by atoms with Crippen molar-refractivity contribution in [3.05, 3.63) is 53.2 Å². The minimum Gasteiger partial charge on any atom is -0.497 e. The van der Waals surface area contributed by atoms with Gasteiger partial charge in [-0.15, -0.1) is 0 Å². The molecule has 1 unspecified atom stereocenters. The molecule has 0 fully saturated rings. The van der Waals surface area contributed by atoms with Gasteiger partial charge in [0.2, 0.25) is 5.91 Å². The number of aromatic nitrogens is 1. The molecule has 1 aliphatic heterocycles. The summed E-state index contributed by atoms with van der Waals surface area (Å²) < 4.78 is 11.0. The van der Waals surface area contributed by atoms with Crippen LogP contribution in [0.1, 0.15) is 47.9 Å². The number of methoxy groups -OCH3 is 1. The second-order valence-corrected chi connectivity index (χ2v) is 7.48. The van der Waals surface area contributed by atoms with Crippen molar-refractivity contribution in [1.82, 2.24) is 10.3 Å². The van der Waals surface area contributed by atoms with Gasteiger partial charge < -0.3 is 25.1 Å². The molecule has 7 heteroatoms. The number of hydrogen-bond acceptors (Lipinski definition) is 4. The summed E-state index contributed by atoms with van der Waals surface area (Å²) in [6.45, 7) is 4.10. The fourth-order valence-electron chi connectivity index (χ4n) is 3.78. The number of carbonyl (C=O) groups is 2. The van der Waals surface area contributed by atoms with Crippen molar-refractivity contribution in [1.29, 1.82) is 0 Å². The molecule has 4 rings (SSSR count). The third kappa shape index (κ3) is 3.83. The fraction of sp³-hybridized carbons (Fsp3) is 0.304. The van der Waals surface area contributed by atoms with E-state index >= 15 is 0 Å². The number of aryl methyl sites for hydroxylation is 1. The maximum absolute atomic E-state index is 13.1. The summed E-state index contributed by atoms with van der Waals surface area (Å²) in [7, 11) is 1.57. The molecule has 0 aliphatic carbocycles. The van der Waals surface area contributed by atoms with Gasteiger partial charge in [0, 0.05) is 17.8 Å². The molecule has 2 aromatic carbocycles. The lowest BCUT2D eigenvalue weighted by Gasteiger charge is -2.20. The summed E-state index contributed by atoms with van der Waals surface area (Å²) >= 11 is 0. The average molecular weight is 407 g/mol. The molecule has 0 bridgehead atoms. The van der Waals surface area contributed by atoms with Gasteiger partial charge >= 0.3 is 0 Å². The monoisotopic (exact) mass is 407 g/mol. The van der Waals surface area contributed by atoms with Gasteiger partial charge in [0.15, 0.2) is 0 Å². The molecule has 0 saturated heterocycles. The van der Waals surface area contributed by atoms with E-state index in [1.54, 1.807) is 19.2 Å². The van der Waals surface area contributed by atoms with Crippen LogP contribution in [0.25, 0.3) is 10.9 Å². The zero-order valence-corrected chi connectivity index (χ0v) is 17.3. The summed E-state index contributed by atoms with van der Waals surface area (Å²) in [6, 6.07) is 11.2. The first kappa shape index (κ1) is 19.8. The molecule has 1 aliphatic rings. The van der Waals surface area contributed by atoms with Crippen molar-refractivity contribution in [3.8, 4) is 11.5 Å². The number of aromatic amines is 1. The molecule has 30 heavy (non-hydrogen) atoms. The van der Waals surface area contributed by atoms with Gasteiger partial charge in [0.25, 0.3) is 5.91 Å². The molecule has 1 aromatic heterocycles. The molecule has 3 N–H and O–H groups in total. The minimum absolute atomic E-state index is 0.212. The summed E-state index contributed by atoms with van der Waals surface area (Å²) in [6.07, 6.45) is 1.97. The Kier molecular flexibility index (Phi) is 5.35. The highest BCUT2D eigenvalue weighted by Gasteiger charge is 2.22. The van der Waals surface area contributed by atoms with Crippen molar-refractivity contribution < 1.29 is 19.1 Å². The highest BCUT2D eigenvalue weighted by atomic mass is 16.5. The zero-order chi connectivity index (χ0) is 21.3. The SMILES string of the molecule is COc1ccc2[nH]c(C(=O)NC(C)c3ccc4c(c3)CCCO4)c(NC(C)=O)c2c1. The largest absolute Gasteiger partial charge is 0.497 e. The Morgan fingerprint density at radius 2 is 2.03 bits per heavy atom. The van der Waals surface area contributed by atoms with Crippen LogP contribution in [0.5, 0.6) is 11.5 Å². The van der Waals surface area contributed by atoms with E-state index in [1.165, 1.54) is 6.92 Å². The Morgan fingerprint density at radius 1 is 1.20 bits per heavy atom. The molecule has 2 heterocycles. The van der Waals surface area contributed by atoms with E-state index in [-0.39, 0.29) is 17.9 Å². The molecule has 3 aromatic rings. The maximum atomic E-state index is 13.1. The smallest absolute Gasteiger partial charge is 0.270 e. The summed E-state index contributed by atoms with van der Waals surface area (Å²) in [5.74, 6) is 1.01. The highest BCUT2D eigenvalue weighted by molar-refractivity contribution is 6.12. The van der Waals surface area contributed by atoms with Crippen LogP contribution in [0, 0.1) is 0 Å². The second-order valence-electron chi connectivity index (χ2n) is 7.48. The first-order chi connectivity index (χ1) is 14.5. The van der Waals surface area contributed by atoms with Gasteiger partial charge in [0.1, 0.15) is 17.2 Å². The molecule has 1 atom stereocenters. The highest BCUT2D eigenvalue weighted by Crippen LogP contribution is 2.32. The molecule has 7 nitrogen and oxygen atoms in total. The van der Waals surface area contributed by atoms with Gasteiger partial charge in [-0.3, -0.25) is 9.59 Å². The van der Waals surface area contributed by atoms with E-state index in [4.69, 9.17) is 9.47 Å². The number of amides is 2. The van der Waals surface area contributed by atoms with Crippen molar-refractivity contribution in [2.75, 3.05) is 19.0 Å². The van der Waals surface area contributed by atoms with E-state index in [2.05, 4.69) is 21.7 Å². The number of fused-ring (bicyclic) bond motifs is 2. The third-order valence-electron chi connectivity index (χ3n) is 5.31. The average Bonchev–Trinajstić information content (AvgIpc) is 3.10. The molecule has 0 radical (unpaired) electrons. The van der Waals surface area contributed by atoms with Gasteiger partial charge in [0.05, 0.1) is 25.4 Å². The van der Waals surface area contributed by atoms with Crippen LogP contribution in [-0.4, -0.2) is 30.5 Å².